The molecule has 5 rings (SSSR count). The van der Waals surface area contributed by atoms with Gasteiger partial charge >= 0.3 is 6.18 Å². The highest BCUT2D eigenvalue weighted by Crippen LogP contribution is 2.40. The van der Waals surface area contributed by atoms with Gasteiger partial charge in [0.05, 0.1) is 23.1 Å². The van der Waals surface area contributed by atoms with Gasteiger partial charge in [-0.3, -0.25) is 4.79 Å². The van der Waals surface area contributed by atoms with Crippen molar-refractivity contribution in [2.45, 2.75) is 12.7 Å². The molecule has 4 aromatic carbocycles. The fourth-order valence-corrected chi connectivity index (χ4v) is 5.16. The Kier molecular flexibility index (Phi) is 5.93. The first-order valence-electron chi connectivity index (χ1n) is 10.7. The summed E-state index contributed by atoms with van der Waals surface area (Å²) >= 11 is 12.8. The van der Waals surface area contributed by atoms with Gasteiger partial charge in [0.2, 0.25) is 5.91 Å². The van der Waals surface area contributed by atoms with Crippen LogP contribution in [-0.2, 0) is 12.7 Å². The van der Waals surface area contributed by atoms with Gasteiger partial charge in [-0.25, -0.2) is 4.39 Å². The monoisotopic (exact) mass is 530 g/mol. The molecule has 0 fully saturated rings. The van der Waals surface area contributed by atoms with Crippen LogP contribution in [0.2, 0.25) is 10.0 Å². The first-order chi connectivity index (χ1) is 17.1. The summed E-state index contributed by atoms with van der Waals surface area (Å²) in [6, 6.07) is 18.4. The Morgan fingerprint density at radius 2 is 1.56 bits per heavy atom. The van der Waals surface area contributed by atoms with Crippen molar-refractivity contribution in [1.82, 2.24) is 4.57 Å². The minimum absolute atomic E-state index is 0.158. The molecule has 0 aliphatic heterocycles. The van der Waals surface area contributed by atoms with Gasteiger partial charge in [-0.2, -0.15) is 13.2 Å². The molecule has 9 heteroatoms. The standard InChI is InChI=1S/C27H16Cl2F4N2O/c28-19-7-3-8-20(29)23(19)14-10-11-16-22(12-14)35(21-9-2-5-17(24(16)21)26(34)36)13-15-4-1-6-18(25(15)30)27(31,32)33/h1-12H,13H2,(H2,34,36). The zero-order valence-electron chi connectivity index (χ0n) is 18.3. The maximum Gasteiger partial charge on any atom is 0.419 e. The van der Waals surface area contributed by atoms with E-state index >= 15 is 0 Å². The average Bonchev–Trinajstić information content (AvgIpc) is 3.12. The Morgan fingerprint density at radius 1 is 0.889 bits per heavy atom. The minimum atomic E-state index is -4.84. The van der Waals surface area contributed by atoms with E-state index in [-0.39, 0.29) is 17.7 Å². The third-order valence-corrected chi connectivity index (χ3v) is 6.75. The molecule has 0 aliphatic rings. The lowest BCUT2D eigenvalue weighted by molar-refractivity contribution is -0.140. The van der Waals surface area contributed by atoms with Crippen molar-refractivity contribution < 1.29 is 22.4 Å². The summed E-state index contributed by atoms with van der Waals surface area (Å²) in [5.41, 5.74) is 6.63. The van der Waals surface area contributed by atoms with E-state index in [2.05, 4.69) is 0 Å². The lowest BCUT2D eigenvalue weighted by atomic mass is 10.0. The van der Waals surface area contributed by atoms with Crippen LogP contribution in [0.3, 0.4) is 0 Å². The largest absolute Gasteiger partial charge is 0.419 e. The molecule has 0 bridgehead atoms. The normalized spacial score (nSPS) is 11.9. The van der Waals surface area contributed by atoms with E-state index in [0.717, 1.165) is 0 Å². The van der Waals surface area contributed by atoms with Crippen molar-refractivity contribution in [1.29, 1.82) is 0 Å². The summed E-state index contributed by atoms with van der Waals surface area (Å²) < 4.78 is 56.7. The zero-order chi connectivity index (χ0) is 25.8. The second-order valence-electron chi connectivity index (χ2n) is 8.26. The van der Waals surface area contributed by atoms with Crippen molar-refractivity contribution in [2.24, 2.45) is 5.73 Å². The van der Waals surface area contributed by atoms with Gasteiger partial charge < -0.3 is 10.3 Å². The molecule has 0 radical (unpaired) electrons. The fraction of sp³-hybridized carbons (Fsp3) is 0.0741. The van der Waals surface area contributed by atoms with Gasteiger partial charge in [-0.1, -0.05) is 59.6 Å². The minimum Gasteiger partial charge on any atom is -0.366 e. The zero-order valence-corrected chi connectivity index (χ0v) is 19.8. The summed E-state index contributed by atoms with van der Waals surface area (Å²) in [5, 5.41) is 1.96. The van der Waals surface area contributed by atoms with Gasteiger partial charge in [0.25, 0.3) is 0 Å². The number of halogens is 6. The number of hydrogen-bond donors (Lipinski definition) is 1. The molecular weight excluding hydrogens is 515 g/mol. The molecule has 1 aromatic heterocycles. The predicted molar refractivity (Wildman–Crippen MR) is 134 cm³/mol. The second kappa shape index (κ2) is 8.84. The molecule has 5 aromatic rings. The number of aromatic nitrogens is 1. The molecule has 0 saturated heterocycles. The molecule has 36 heavy (non-hydrogen) atoms. The molecule has 1 amide bonds. The number of fused-ring (bicyclic) bond motifs is 3. The average molecular weight is 531 g/mol. The van der Waals surface area contributed by atoms with Crippen LogP contribution in [0.25, 0.3) is 32.9 Å². The van der Waals surface area contributed by atoms with E-state index in [4.69, 9.17) is 28.9 Å². The smallest absolute Gasteiger partial charge is 0.366 e. The lowest BCUT2D eigenvalue weighted by Gasteiger charge is -2.14. The second-order valence-corrected chi connectivity index (χ2v) is 9.07. The van der Waals surface area contributed by atoms with Crippen molar-refractivity contribution in [3.8, 4) is 11.1 Å². The highest BCUT2D eigenvalue weighted by Gasteiger charge is 2.35. The van der Waals surface area contributed by atoms with Crippen molar-refractivity contribution in [3.05, 3.63) is 105 Å². The molecule has 2 N–H and O–H groups in total. The molecule has 0 spiro atoms. The highest BCUT2D eigenvalue weighted by molar-refractivity contribution is 6.39. The Labute approximate surface area is 212 Å². The van der Waals surface area contributed by atoms with E-state index in [1.165, 1.54) is 12.1 Å². The van der Waals surface area contributed by atoms with Crippen LogP contribution < -0.4 is 5.73 Å². The number of primary amides is 1. The first-order valence-corrected chi connectivity index (χ1v) is 11.5. The molecule has 0 aliphatic carbocycles. The van der Waals surface area contributed by atoms with Crippen LogP contribution in [0.15, 0.2) is 72.8 Å². The number of nitrogens with two attached hydrogens (primary N) is 1. The van der Waals surface area contributed by atoms with Crippen LogP contribution in [0, 0.1) is 5.82 Å². The Balaban J connectivity index is 1.82. The third kappa shape index (κ3) is 3.98. The quantitative estimate of drug-likeness (QED) is 0.234. The summed E-state index contributed by atoms with van der Waals surface area (Å²) in [4.78, 5) is 12.2. The van der Waals surface area contributed by atoms with Crippen LogP contribution in [-0.4, -0.2) is 10.5 Å². The van der Waals surface area contributed by atoms with E-state index < -0.39 is 23.5 Å². The summed E-state index contributed by atoms with van der Waals surface area (Å²) in [5.74, 6) is -2.01. The van der Waals surface area contributed by atoms with Gasteiger partial charge in [0.15, 0.2) is 0 Å². The van der Waals surface area contributed by atoms with Gasteiger partial charge in [-0.05, 0) is 42.0 Å². The number of nitrogens with zero attached hydrogens (tertiary/aromatic N) is 1. The van der Waals surface area contributed by atoms with Crippen molar-refractivity contribution in [3.63, 3.8) is 0 Å². The maximum atomic E-state index is 15.0. The van der Waals surface area contributed by atoms with Crippen LogP contribution in [0.5, 0.6) is 0 Å². The third-order valence-electron chi connectivity index (χ3n) is 6.12. The van der Waals surface area contributed by atoms with Crippen molar-refractivity contribution >= 4 is 50.9 Å². The fourth-order valence-electron chi connectivity index (χ4n) is 4.54. The van der Waals surface area contributed by atoms with Gasteiger partial charge in [0, 0.05) is 37.5 Å². The molecule has 0 atom stereocenters. The van der Waals surface area contributed by atoms with Crippen LogP contribution in [0.4, 0.5) is 17.6 Å². The molecule has 1 heterocycles. The Hall–Kier alpha value is -3.55. The number of carbonyl (C=O) groups excluding carboxylic acids is 1. The summed E-state index contributed by atoms with van der Waals surface area (Å²) in [6.45, 7) is -0.225. The Bertz CT molecular complexity index is 1650. The summed E-state index contributed by atoms with van der Waals surface area (Å²) in [6.07, 6.45) is -4.84. The number of benzene rings is 4. The number of amides is 1. The molecule has 182 valence electrons. The van der Waals surface area contributed by atoms with E-state index in [1.54, 1.807) is 59.2 Å². The van der Waals surface area contributed by atoms with Gasteiger partial charge in [0.1, 0.15) is 5.82 Å². The van der Waals surface area contributed by atoms with E-state index in [9.17, 15) is 22.4 Å². The number of rotatable bonds is 4. The highest BCUT2D eigenvalue weighted by atomic mass is 35.5. The Morgan fingerprint density at radius 3 is 2.22 bits per heavy atom. The molecule has 0 unspecified atom stereocenters. The van der Waals surface area contributed by atoms with Crippen LogP contribution in [0.1, 0.15) is 21.5 Å². The first kappa shape index (κ1) is 24.2. The van der Waals surface area contributed by atoms with Crippen LogP contribution >= 0.6 is 23.2 Å². The van der Waals surface area contributed by atoms with E-state index in [1.807, 2.05) is 0 Å². The topological polar surface area (TPSA) is 48.0 Å². The van der Waals surface area contributed by atoms with Crippen molar-refractivity contribution in [2.75, 3.05) is 0 Å². The molecular formula is C27H16Cl2F4N2O. The lowest BCUT2D eigenvalue weighted by Crippen LogP contribution is -2.12. The van der Waals surface area contributed by atoms with Gasteiger partial charge in [-0.15, -0.1) is 0 Å². The number of hydrogen-bond acceptors (Lipinski definition) is 1. The molecule has 0 saturated carbocycles. The number of alkyl halides is 3. The maximum absolute atomic E-state index is 15.0. The predicted octanol–water partition coefficient (Wildman–Crippen LogP) is 8.07. The SMILES string of the molecule is NC(=O)c1cccc2c1c1ccc(-c3c(Cl)cccc3Cl)cc1n2Cc1cccc(C(F)(F)F)c1F. The summed E-state index contributed by atoms with van der Waals surface area (Å²) in [7, 11) is 0. The molecule has 3 nitrogen and oxygen atoms in total. The van der Waals surface area contributed by atoms with E-state index in [0.29, 0.717) is 49.0 Å². The number of carbonyl (C=O) groups is 1.